The van der Waals surface area contributed by atoms with E-state index in [2.05, 4.69) is 0 Å². The molecule has 1 rings (SSSR count). The van der Waals surface area contributed by atoms with Crippen molar-refractivity contribution >= 4 is 12.0 Å². The van der Waals surface area contributed by atoms with E-state index in [1.807, 2.05) is 13.8 Å². The second kappa shape index (κ2) is 7.19. The molecule has 0 aliphatic carbocycles. The number of nitrogens with zero attached hydrogens (tertiary/aromatic N) is 1. The molecule has 5 heteroatoms. The van der Waals surface area contributed by atoms with Gasteiger partial charge < -0.3 is 14.6 Å². The molecule has 0 spiro atoms. The summed E-state index contributed by atoms with van der Waals surface area (Å²) in [4.78, 5) is 10.8. The van der Waals surface area contributed by atoms with Crippen LogP contribution in [0.5, 0.6) is 11.5 Å². The molecule has 0 saturated carbocycles. The monoisotopic (exact) mass is 275 g/mol. The summed E-state index contributed by atoms with van der Waals surface area (Å²) in [5.41, 5.74) is 0.244. The van der Waals surface area contributed by atoms with E-state index in [9.17, 15) is 4.79 Å². The zero-order valence-electron chi connectivity index (χ0n) is 11.7. The second-order valence-corrected chi connectivity index (χ2v) is 4.59. The van der Waals surface area contributed by atoms with Crippen molar-refractivity contribution in [2.75, 3.05) is 13.7 Å². The molecule has 0 bridgehead atoms. The lowest BCUT2D eigenvalue weighted by atomic mass is 10.1. The quantitative estimate of drug-likeness (QED) is 0.637. The van der Waals surface area contributed by atoms with Gasteiger partial charge in [0.05, 0.1) is 13.7 Å². The fourth-order valence-corrected chi connectivity index (χ4v) is 1.46. The number of rotatable bonds is 6. The van der Waals surface area contributed by atoms with Crippen LogP contribution in [0.15, 0.2) is 23.8 Å². The number of hydrogen-bond acceptors (Lipinski definition) is 4. The van der Waals surface area contributed by atoms with Gasteiger partial charge >= 0.3 is 5.97 Å². The Morgan fingerprint density at radius 3 is 2.65 bits per heavy atom. The van der Waals surface area contributed by atoms with E-state index in [4.69, 9.17) is 19.8 Å². The summed E-state index contributed by atoms with van der Waals surface area (Å²) in [6.45, 7) is 4.57. The molecule has 0 radical (unpaired) electrons. The number of carbonyl (C=O) groups is 1. The number of benzene rings is 1. The van der Waals surface area contributed by atoms with E-state index in [1.165, 1.54) is 13.2 Å². The van der Waals surface area contributed by atoms with Crippen LogP contribution in [0.3, 0.4) is 0 Å². The van der Waals surface area contributed by atoms with Gasteiger partial charge in [0.15, 0.2) is 11.5 Å². The van der Waals surface area contributed by atoms with E-state index in [0.717, 1.165) is 0 Å². The molecule has 0 heterocycles. The van der Waals surface area contributed by atoms with Crippen molar-refractivity contribution in [2.45, 2.75) is 13.8 Å². The zero-order valence-corrected chi connectivity index (χ0v) is 11.7. The molecular formula is C15H17NO4. The average molecular weight is 275 g/mol. The highest BCUT2D eigenvalue weighted by atomic mass is 16.5. The number of ether oxygens (including phenoxy) is 2. The Morgan fingerprint density at radius 1 is 1.45 bits per heavy atom. The van der Waals surface area contributed by atoms with Crippen LogP contribution >= 0.6 is 0 Å². The predicted octanol–water partition coefficient (Wildman–Crippen LogP) is 2.72. The van der Waals surface area contributed by atoms with Crippen LogP contribution in [0.2, 0.25) is 0 Å². The van der Waals surface area contributed by atoms with Crippen LogP contribution in [0.4, 0.5) is 0 Å². The van der Waals surface area contributed by atoms with Crippen molar-refractivity contribution in [3.8, 4) is 17.6 Å². The molecule has 1 N–H and O–H groups in total. The van der Waals surface area contributed by atoms with Crippen LogP contribution < -0.4 is 9.47 Å². The molecule has 106 valence electrons. The molecule has 0 aliphatic rings. The number of carboxylic acids is 1. The van der Waals surface area contributed by atoms with Gasteiger partial charge in [-0.2, -0.15) is 5.26 Å². The molecular weight excluding hydrogens is 258 g/mol. The molecule has 1 aromatic rings. The van der Waals surface area contributed by atoms with E-state index >= 15 is 0 Å². The molecule has 0 saturated heterocycles. The zero-order chi connectivity index (χ0) is 15.1. The second-order valence-electron chi connectivity index (χ2n) is 4.59. The minimum absolute atomic E-state index is 0.329. The third-order valence-corrected chi connectivity index (χ3v) is 2.42. The minimum Gasteiger partial charge on any atom is -0.493 e. The first-order valence-electron chi connectivity index (χ1n) is 6.13. The minimum atomic E-state index is -1.26. The van der Waals surface area contributed by atoms with Crippen molar-refractivity contribution in [3.63, 3.8) is 0 Å². The third-order valence-electron chi connectivity index (χ3n) is 2.42. The Morgan fingerprint density at radius 2 is 2.15 bits per heavy atom. The summed E-state index contributed by atoms with van der Waals surface area (Å²) in [5.74, 6) is 0.190. The lowest BCUT2D eigenvalue weighted by molar-refractivity contribution is -0.132. The molecule has 0 atom stereocenters. The maximum absolute atomic E-state index is 10.8. The van der Waals surface area contributed by atoms with Crippen molar-refractivity contribution in [2.24, 2.45) is 5.92 Å². The third kappa shape index (κ3) is 4.32. The Labute approximate surface area is 118 Å². The van der Waals surface area contributed by atoms with E-state index < -0.39 is 5.97 Å². The van der Waals surface area contributed by atoms with E-state index in [-0.39, 0.29) is 5.57 Å². The summed E-state index contributed by atoms with van der Waals surface area (Å²) in [7, 11) is 1.53. The topological polar surface area (TPSA) is 79.5 Å². The standard InChI is InChI=1S/C15H17NO4/c1-10(2)9-20-14-7-11(4-5-13(14)19-3)6-12(8-16)15(17)18/h4-7,10H,9H2,1-3H3,(H,17,18)/b12-6+. The average Bonchev–Trinajstić information content (AvgIpc) is 2.42. The van der Waals surface area contributed by atoms with Gasteiger partial charge in [0, 0.05) is 0 Å². The molecule has 1 aromatic carbocycles. The smallest absolute Gasteiger partial charge is 0.346 e. The fourth-order valence-electron chi connectivity index (χ4n) is 1.46. The number of carboxylic acid groups (broad SMARTS) is 1. The maximum atomic E-state index is 10.8. The number of methoxy groups -OCH3 is 1. The van der Waals surface area contributed by atoms with Gasteiger partial charge in [-0.1, -0.05) is 19.9 Å². The molecule has 0 unspecified atom stereocenters. The van der Waals surface area contributed by atoms with Gasteiger partial charge in [0.1, 0.15) is 11.6 Å². The predicted molar refractivity (Wildman–Crippen MR) is 74.6 cm³/mol. The summed E-state index contributed by atoms with van der Waals surface area (Å²) in [6.07, 6.45) is 1.30. The van der Waals surface area contributed by atoms with Gasteiger partial charge in [-0.25, -0.2) is 4.79 Å². The first-order valence-corrected chi connectivity index (χ1v) is 6.13. The van der Waals surface area contributed by atoms with Gasteiger partial charge in [0.25, 0.3) is 0 Å². The summed E-state index contributed by atoms with van der Waals surface area (Å²) in [6, 6.07) is 6.64. The highest BCUT2D eigenvalue weighted by Crippen LogP contribution is 2.29. The molecule has 0 fully saturated rings. The highest BCUT2D eigenvalue weighted by Gasteiger charge is 2.09. The SMILES string of the molecule is COc1ccc(/C=C(\C#N)C(=O)O)cc1OCC(C)C. The van der Waals surface area contributed by atoms with Crippen LogP contribution in [-0.2, 0) is 4.79 Å². The molecule has 0 aromatic heterocycles. The summed E-state index contributed by atoms with van der Waals surface area (Å²) < 4.78 is 10.8. The Bertz CT molecular complexity index is 555. The van der Waals surface area contributed by atoms with Crippen molar-refractivity contribution < 1.29 is 19.4 Å². The van der Waals surface area contributed by atoms with Gasteiger partial charge in [-0.05, 0) is 29.7 Å². The highest BCUT2D eigenvalue weighted by molar-refractivity contribution is 5.96. The van der Waals surface area contributed by atoms with Crippen molar-refractivity contribution in [1.82, 2.24) is 0 Å². The van der Waals surface area contributed by atoms with Gasteiger partial charge in [-0.15, -0.1) is 0 Å². The molecule has 20 heavy (non-hydrogen) atoms. The normalized spacial score (nSPS) is 11.1. The van der Waals surface area contributed by atoms with Crippen molar-refractivity contribution in [3.05, 3.63) is 29.3 Å². The molecule has 0 amide bonds. The Balaban J connectivity index is 3.09. The molecule has 5 nitrogen and oxygen atoms in total. The first kappa shape index (κ1) is 15.6. The lowest BCUT2D eigenvalue weighted by Gasteiger charge is -2.13. The Hall–Kier alpha value is -2.48. The van der Waals surface area contributed by atoms with E-state index in [0.29, 0.717) is 29.6 Å². The largest absolute Gasteiger partial charge is 0.493 e. The first-order chi connectivity index (χ1) is 9.47. The van der Waals surface area contributed by atoms with Crippen LogP contribution in [0.1, 0.15) is 19.4 Å². The van der Waals surface area contributed by atoms with Gasteiger partial charge in [-0.3, -0.25) is 0 Å². The molecule has 0 aliphatic heterocycles. The summed E-state index contributed by atoms with van der Waals surface area (Å²) in [5, 5.41) is 17.6. The number of hydrogen-bond donors (Lipinski definition) is 1. The number of aliphatic carboxylic acids is 1. The van der Waals surface area contributed by atoms with E-state index in [1.54, 1.807) is 24.3 Å². The van der Waals surface area contributed by atoms with Crippen LogP contribution in [-0.4, -0.2) is 24.8 Å². The van der Waals surface area contributed by atoms with Gasteiger partial charge in [0.2, 0.25) is 0 Å². The van der Waals surface area contributed by atoms with Crippen LogP contribution in [0.25, 0.3) is 6.08 Å². The summed E-state index contributed by atoms with van der Waals surface area (Å²) >= 11 is 0. The Kier molecular flexibility index (Phi) is 5.60. The van der Waals surface area contributed by atoms with Crippen LogP contribution in [0, 0.1) is 17.2 Å². The fraction of sp³-hybridized carbons (Fsp3) is 0.333. The maximum Gasteiger partial charge on any atom is 0.346 e. The van der Waals surface area contributed by atoms with Crippen molar-refractivity contribution in [1.29, 1.82) is 5.26 Å². The lowest BCUT2D eigenvalue weighted by Crippen LogP contribution is -2.05. The number of nitriles is 1.